The topological polar surface area (TPSA) is 90.2 Å². The zero-order valence-electron chi connectivity index (χ0n) is 21.1. The number of aromatic nitrogens is 1. The van der Waals surface area contributed by atoms with Crippen LogP contribution in [0.5, 0.6) is 11.5 Å². The van der Waals surface area contributed by atoms with Crippen LogP contribution >= 0.6 is 12.4 Å². The zero-order chi connectivity index (χ0) is 25.2. The first-order chi connectivity index (χ1) is 17.5. The van der Waals surface area contributed by atoms with Gasteiger partial charge >= 0.3 is 5.97 Å². The number of hydrogen-bond donors (Lipinski definition) is 1. The van der Waals surface area contributed by atoms with Gasteiger partial charge in [0, 0.05) is 52.7 Å². The summed E-state index contributed by atoms with van der Waals surface area (Å²) in [7, 11) is 0.200. The maximum Gasteiger partial charge on any atom is 0.340 e. The van der Waals surface area contributed by atoms with E-state index < -0.39 is 16.8 Å². The Bertz CT molecular complexity index is 1280. The molecule has 10 heteroatoms. The van der Waals surface area contributed by atoms with Crippen molar-refractivity contribution in [3.05, 3.63) is 53.2 Å². The highest BCUT2D eigenvalue weighted by Crippen LogP contribution is 2.44. The molecule has 2 heterocycles. The third kappa shape index (κ3) is 5.65. The number of phenols is 1. The molecule has 1 saturated heterocycles. The van der Waals surface area contributed by atoms with Crippen molar-refractivity contribution in [2.24, 2.45) is 0 Å². The van der Waals surface area contributed by atoms with Crippen LogP contribution < -0.4 is 4.74 Å². The smallest absolute Gasteiger partial charge is 0.340 e. The summed E-state index contributed by atoms with van der Waals surface area (Å²) in [6.07, 6.45) is 1.99. The first-order valence-electron chi connectivity index (χ1n) is 12.4. The fourth-order valence-corrected chi connectivity index (χ4v) is 6.05. The molecule has 0 radical (unpaired) electrons. The zero-order valence-corrected chi connectivity index (χ0v) is 22.7. The number of morpholine rings is 1. The fourth-order valence-electron chi connectivity index (χ4n) is 4.91. The molecule has 0 spiro atoms. The molecule has 1 unspecified atom stereocenters. The van der Waals surface area contributed by atoms with Crippen LogP contribution in [0.2, 0.25) is 0 Å². The fraction of sp³-hybridized carbons (Fsp3) is 0.444. The first-order valence-corrected chi connectivity index (χ1v) is 13.7. The predicted octanol–water partition coefficient (Wildman–Crippen LogP) is 4.43. The normalized spacial score (nSPS) is 16.8. The van der Waals surface area contributed by atoms with Crippen LogP contribution in [0.1, 0.15) is 47.4 Å². The number of carbonyl (C=O) groups is 1. The van der Waals surface area contributed by atoms with Crippen LogP contribution in [-0.4, -0.2) is 64.8 Å². The molecule has 1 N–H and O–H groups in total. The number of ether oxygens (including phenoxy) is 3. The summed E-state index contributed by atoms with van der Waals surface area (Å²) < 4.78 is 31.9. The van der Waals surface area contributed by atoms with Crippen LogP contribution in [0.4, 0.5) is 0 Å². The molecule has 1 atom stereocenters. The molecule has 3 aromatic rings. The van der Waals surface area contributed by atoms with Gasteiger partial charge in [0.2, 0.25) is 0 Å². The number of rotatable bonds is 9. The Morgan fingerprint density at radius 1 is 1.14 bits per heavy atom. The van der Waals surface area contributed by atoms with Gasteiger partial charge in [0.1, 0.15) is 11.5 Å². The number of aromatic hydroxyl groups is 1. The maximum atomic E-state index is 13.5. The van der Waals surface area contributed by atoms with E-state index >= 15 is 0 Å². The number of fused-ring (bicyclic) bond motifs is 1. The number of nitrogens with zero attached hydrogens (tertiary/aromatic N) is 2. The van der Waals surface area contributed by atoms with Crippen molar-refractivity contribution in [1.29, 1.82) is 0 Å². The van der Waals surface area contributed by atoms with E-state index in [0.717, 1.165) is 31.4 Å². The predicted molar refractivity (Wildman–Crippen MR) is 144 cm³/mol. The highest BCUT2D eigenvalue weighted by molar-refractivity contribution is 7.84. The molecule has 0 amide bonds. The van der Waals surface area contributed by atoms with Crippen molar-refractivity contribution < 1.29 is 28.3 Å². The molecule has 2 aliphatic rings. The van der Waals surface area contributed by atoms with E-state index in [9.17, 15) is 14.1 Å². The SMILES string of the molecule is CCOC(=O)c1c(CS(=O)c2ccc(OC)cc2)n(C2CC2)c2ccc(O)c(CN3CCOCC3)c12.Cl. The van der Waals surface area contributed by atoms with Crippen molar-refractivity contribution in [1.82, 2.24) is 9.47 Å². The second-order valence-corrected chi connectivity index (χ2v) is 10.6. The Balaban J connectivity index is 0.00000320. The summed E-state index contributed by atoms with van der Waals surface area (Å²) in [6.45, 7) is 5.28. The van der Waals surface area contributed by atoms with Gasteiger partial charge in [-0.15, -0.1) is 12.4 Å². The van der Waals surface area contributed by atoms with E-state index in [2.05, 4.69) is 9.47 Å². The largest absolute Gasteiger partial charge is 0.508 e. The lowest BCUT2D eigenvalue weighted by Crippen LogP contribution is -2.35. The average molecular weight is 549 g/mol. The standard InChI is InChI=1S/C27H32N2O6S.ClH/c1-3-35-27(31)26-23(17-36(32)20-8-6-19(33-2)7-9-20)29(18-4-5-18)22-10-11-24(30)21(25(22)26)16-28-12-14-34-15-13-28;/h6-11,18,30H,3-5,12-17H2,1-2H3;1H. The lowest BCUT2D eigenvalue weighted by Gasteiger charge is -2.27. The number of phenolic OH excluding ortho intramolecular Hbond substituents is 1. The van der Waals surface area contributed by atoms with Crippen LogP contribution in [0.25, 0.3) is 10.9 Å². The van der Waals surface area contributed by atoms with Gasteiger partial charge in [-0.3, -0.25) is 9.11 Å². The van der Waals surface area contributed by atoms with Crippen molar-refractivity contribution >= 4 is 40.1 Å². The Kier molecular flexibility index (Phi) is 8.79. The Labute approximate surface area is 225 Å². The molecule has 1 saturated carbocycles. The van der Waals surface area contributed by atoms with Crippen LogP contribution in [0.3, 0.4) is 0 Å². The number of benzene rings is 2. The van der Waals surface area contributed by atoms with Gasteiger partial charge in [0.05, 0.1) is 49.0 Å². The average Bonchev–Trinajstić information content (AvgIpc) is 3.68. The summed E-state index contributed by atoms with van der Waals surface area (Å²) in [6, 6.07) is 11.0. The molecular formula is C27H33ClN2O6S. The monoisotopic (exact) mass is 548 g/mol. The number of methoxy groups -OCH3 is 1. The van der Waals surface area contributed by atoms with Gasteiger partial charge in [0.15, 0.2) is 0 Å². The highest BCUT2D eigenvalue weighted by Gasteiger charge is 2.35. The van der Waals surface area contributed by atoms with Gasteiger partial charge in [-0.05, 0) is 56.2 Å². The molecule has 8 nitrogen and oxygen atoms in total. The third-order valence-electron chi connectivity index (χ3n) is 6.82. The summed E-state index contributed by atoms with van der Waals surface area (Å²) in [5.41, 5.74) is 2.70. The highest BCUT2D eigenvalue weighted by atomic mass is 35.5. The van der Waals surface area contributed by atoms with Crippen molar-refractivity contribution in [3.63, 3.8) is 0 Å². The van der Waals surface area contributed by atoms with Gasteiger partial charge in [-0.1, -0.05) is 0 Å². The quantitative estimate of drug-likeness (QED) is 0.396. The third-order valence-corrected chi connectivity index (χ3v) is 8.16. The van der Waals surface area contributed by atoms with Gasteiger partial charge in [-0.25, -0.2) is 4.79 Å². The molecule has 5 rings (SSSR count). The van der Waals surface area contributed by atoms with E-state index in [4.69, 9.17) is 14.2 Å². The van der Waals surface area contributed by atoms with Gasteiger partial charge in [0.25, 0.3) is 0 Å². The number of halogens is 1. The van der Waals surface area contributed by atoms with E-state index in [0.29, 0.717) is 52.6 Å². The summed E-state index contributed by atoms with van der Waals surface area (Å²) in [4.78, 5) is 16.3. The molecule has 1 aliphatic carbocycles. The van der Waals surface area contributed by atoms with Crippen LogP contribution in [-0.2, 0) is 32.6 Å². The summed E-state index contributed by atoms with van der Waals surface area (Å²) >= 11 is 0. The Morgan fingerprint density at radius 2 is 1.84 bits per heavy atom. The van der Waals surface area contributed by atoms with Crippen LogP contribution in [0, 0.1) is 0 Å². The minimum absolute atomic E-state index is 0. The molecule has 0 bridgehead atoms. The van der Waals surface area contributed by atoms with Crippen molar-refractivity contribution in [3.8, 4) is 11.5 Å². The summed E-state index contributed by atoms with van der Waals surface area (Å²) in [5.74, 6) is 0.565. The minimum atomic E-state index is -1.39. The van der Waals surface area contributed by atoms with E-state index in [1.165, 1.54) is 0 Å². The summed E-state index contributed by atoms with van der Waals surface area (Å²) in [5, 5.41) is 11.7. The molecule has 2 aromatic carbocycles. The first kappa shape index (κ1) is 27.4. The lowest BCUT2D eigenvalue weighted by atomic mass is 10.0. The lowest BCUT2D eigenvalue weighted by molar-refractivity contribution is 0.0340. The number of esters is 1. The van der Waals surface area contributed by atoms with E-state index in [-0.39, 0.29) is 36.6 Å². The second-order valence-electron chi connectivity index (χ2n) is 9.15. The molecule has 2 fully saturated rings. The molecule has 1 aliphatic heterocycles. The van der Waals surface area contributed by atoms with E-state index in [1.807, 2.05) is 6.07 Å². The number of carbonyl (C=O) groups excluding carboxylic acids is 1. The van der Waals surface area contributed by atoms with Crippen LogP contribution in [0.15, 0.2) is 41.3 Å². The van der Waals surface area contributed by atoms with E-state index in [1.54, 1.807) is 44.4 Å². The molecule has 1 aromatic heterocycles. The molecule has 200 valence electrons. The van der Waals surface area contributed by atoms with Crippen molar-refractivity contribution in [2.75, 3.05) is 40.0 Å². The van der Waals surface area contributed by atoms with Crippen molar-refractivity contribution in [2.45, 2.75) is 43.0 Å². The Morgan fingerprint density at radius 3 is 2.46 bits per heavy atom. The number of hydrogen-bond acceptors (Lipinski definition) is 7. The van der Waals surface area contributed by atoms with Gasteiger partial charge in [-0.2, -0.15) is 0 Å². The maximum absolute atomic E-state index is 13.5. The van der Waals surface area contributed by atoms with Gasteiger partial charge < -0.3 is 23.9 Å². The molecule has 37 heavy (non-hydrogen) atoms. The Hall–Kier alpha value is -2.59. The minimum Gasteiger partial charge on any atom is -0.508 e. The second kappa shape index (κ2) is 11.9. The molecular weight excluding hydrogens is 516 g/mol.